The van der Waals surface area contributed by atoms with Gasteiger partial charge in [-0.15, -0.1) is 0 Å². The number of nitrogens with zero attached hydrogens (tertiary/aromatic N) is 1. The molecule has 0 saturated heterocycles. The first-order valence-electron chi connectivity index (χ1n) is 7.41. The number of hydrogen-bond acceptors (Lipinski definition) is 3. The second-order valence-corrected chi connectivity index (χ2v) is 5.46. The van der Waals surface area contributed by atoms with Gasteiger partial charge >= 0.3 is 0 Å². The molecule has 1 aromatic heterocycles. The summed E-state index contributed by atoms with van der Waals surface area (Å²) in [6.45, 7) is 0. The van der Waals surface area contributed by atoms with Gasteiger partial charge in [0.05, 0.1) is 12.6 Å². The van der Waals surface area contributed by atoms with Gasteiger partial charge in [-0.2, -0.15) is 0 Å². The van der Waals surface area contributed by atoms with E-state index in [9.17, 15) is 5.11 Å². The van der Waals surface area contributed by atoms with Crippen LogP contribution in [-0.2, 0) is 0 Å². The van der Waals surface area contributed by atoms with E-state index in [0.717, 1.165) is 38.6 Å². The van der Waals surface area contributed by atoms with Crippen molar-refractivity contribution in [1.82, 2.24) is 4.98 Å². The van der Waals surface area contributed by atoms with E-state index in [1.54, 1.807) is 19.4 Å². The molecule has 4 rings (SSSR count). The first-order valence-corrected chi connectivity index (χ1v) is 7.41. The molecule has 0 spiro atoms. The minimum atomic E-state index is 0.235. The van der Waals surface area contributed by atoms with Gasteiger partial charge in [-0.3, -0.25) is 4.98 Å². The topological polar surface area (TPSA) is 42.4 Å². The molecule has 3 heteroatoms. The summed E-state index contributed by atoms with van der Waals surface area (Å²) < 4.78 is 5.29. The summed E-state index contributed by atoms with van der Waals surface area (Å²) >= 11 is 0. The summed E-state index contributed by atoms with van der Waals surface area (Å²) in [4.78, 5) is 4.42. The smallest absolute Gasteiger partial charge is 0.125 e. The van der Waals surface area contributed by atoms with E-state index < -0.39 is 0 Å². The molecule has 0 amide bonds. The number of benzene rings is 3. The number of para-hydroxylation sites is 1. The van der Waals surface area contributed by atoms with Crippen molar-refractivity contribution in [3.8, 4) is 22.6 Å². The zero-order valence-corrected chi connectivity index (χ0v) is 12.7. The summed E-state index contributed by atoms with van der Waals surface area (Å²) in [6, 6.07) is 19.6. The SMILES string of the molecule is COc1cccc(-c2cc(O)c3cnc4ccccc4c3c2)c1. The number of phenolic OH excluding ortho intramolecular Hbond substituents is 1. The monoisotopic (exact) mass is 301 g/mol. The van der Waals surface area contributed by atoms with Crippen molar-refractivity contribution in [3.63, 3.8) is 0 Å². The van der Waals surface area contributed by atoms with Gasteiger partial charge < -0.3 is 9.84 Å². The fourth-order valence-electron chi connectivity index (χ4n) is 2.91. The Bertz CT molecular complexity index is 1020. The maximum Gasteiger partial charge on any atom is 0.125 e. The van der Waals surface area contributed by atoms with Gasteiger partial charge in [-0.25, -0.2) is 0 Å². The zero-order valence-electron chi connectivity index (χ0n) is 12.7. The van der Waals surface area contributed by atoms with E-state index in [1.165, 1.54) is 0 Å². The lowest BCUT2D eigenvalue weighted by molar-refractivity contribution is 0.415. The Balaban J connectivity index is 2.03. The molecule has 0 aliphatic rings. The molecule has 0 atom stereocenters. The molecule has 0 radical (unpaired) electrons. The molecule has 0 unspecified atom stereocenters. The maximum absolute atomic E-state index is 10.4. The van der Waals surface area contributed by atoms with Crippen LogP contribution >= 0.6 is 0 Å². The Labute approximate surface area is 133 Å². The third-order valence-electron chi connectivity index (χ3n) is 4.09. The molecule has 4 aromatic rings. The van der Waals surface area contributed by atoms with E-state index in [4.69, 9.17) is 4.74 Å². The van der Waals surface area contributed by atoms with Gasteiger partial charge in [0.1, 0.15) is 11.5 Å². The molecule has 23 heavy (non-hydrogen) atoms. The number of ether oxygens (including phenoxy) is 1. The van der Waals surface area contributed by atoms with E-state index in [2.05, 4.69) is 11.1 Å². The van der Waals surface area contributed by atoms with Crippen LogP contribution in [0.1, 0.15) is 0 Å². The minimum Gasteiger partial charge on any atom is -0.507 e. The molecule has 0 fully saturated rings. The highest BCUT2D eigenvalue weighted by atomic mass is 16.5. The van der Waals surface area contributed by atoms with Crippen molar-refractivity contribution < 1.29 is 9.84 Å². The molecular formula is C20H15NO2. The lowest BCUT2D eigenvalue weighted by Gasteiger charge is -2.10. The van der Waals surface area contributed by atoms with Crippen LogP contribution in [0.4, 0.5) is 0 Å². The van der Waals surface area contributed by atoms with Crippen molar-refractivity contribution >= 4 is 21.7 Å². The van der Waals surface area contributed by atoms with Crippen LogP contribution in [0.2, 0.25) is 0 Å². The quantitative estimate of drug-likeness (QED) is 0.542. The molecule has 1 heterocycles. The number of phenols is 1. The predicted octanol–water partition coefficient (Wildman–Crippen LogP) is 4.77. The Kier molecular flexibility index (Phi) is 3.12. The fraction of sp³-hybridized carbons (Fsp3) is 0.0500. The highest BCUT2D eigenvalue weighted by Gasteiger charge is 2.09. The number of pyridine rings is 1. The first kappa shape index (κ1) is 13.6. The maximum atomic E-state index is 10.4. The van der Waals surface area contributed by atoms with E-state index >= 15 is 0 Å². The summed E-state index contributed by atoms with van der Waals surface area (Å²) in [7, 11) is 1.65. The summed E-state index contributed by atoms with van der Waals surface area (Å²) in [5.41, 5.74) is 2.87. The summed E-state index contributed by atoms with van der Waals surface area (Å²) in [5.74, 6) is 1.03. The van der Waals surface area contributed by atoms with Crippen molar-refractivity contribution in [2.45, 2.75) is 0 Å². The Hall–Kier alpha value is -3.07. The van der Waals surface area contributed by atoms with Gasteiger partial charge in [0.25, 0.3) is 0 Å². The molecule has 3 aromatic carbocycles. The van der Waals surface area contributed by atoms with Crippen LogP contribution < -0.4 is 4.74 Å². The fourth-order valence-corrected chi connectivity index (χ4v) is 2.91. The molecule has 112 valence electrons. The van der Waals surface area contributed by atoms with Gasteiger partial charge in [0.15, 0.2) is 0 Å². The number of hydrogen-bond donors (Lipinski definition) is 1. The number of aromatic nitrogens is 1. The van der Waals surface area contributed by atoms with Crippen molar-refractivity contribution in [2.75, 3.05) is 7.11 Å². The van der Waals surface area contributed by atoms with Gasteiger partial charge in [-0.05, 0) is 46.8 Å². The molecule has 1 N–H and O–H groups in total. The molecule has 0 bridgehead atoms. The van der Waals surface area contributed by atoms with Crippen LogP contribution in [0.15, 0.2) is 66.9 Å². The van der Waals surface area contributed by atoms with Crippen LogP contribution in [0.5, 0.6) is 11.5 Å². The molecule has 3 nitrogen and oxygen atoms in total. The highest BCUT2D eigenvalue weighted by molar-refractivity contribution is 6.08. The normalized spacial score (nSPS) is 11.0. The van der Waals surface area contributed by atoms with Gasteiger partial charge in [0, 0.05) is 17.0 Å². The predicted molar refractivity (Wildman–Crippen MR) is 92.9 cm³/mol. The van der Waals surface area contributed by atoms with Crippen molar-refractivity contribution in [3.05, 3.63) is 66.9 Å². The minimum absolute atomic E-state index is 0.235. The van der Waals surface area contributed by atoms with Crippen LogP contribution in [0, 0.1) is 0 Å². The molecular weight excluding hydrogens is 286 g/mol. The Morgan fingerprint density at radius 1 is 0.826 bits per heavy atom. The van der Waals surface area contributed by atoms with E-state index in [0.29, 0.717) is 0 Å². The molecule has 0 saturated carbocycles. The van der Waals surface area contributed by atoms with E-state index in [1.807, 2.05) is 48.5 Å². The average molecular weight is 301 g/mol. The zero-order chi connectivity index (χ0) is 15.8. The lowest BCUT2D eigenvalue weighted by atomic mass is 9.99. The van der Waals surface area contributed by atoms with Crippen LogP contribution in [0.25, 0.3) is 32.8 Å². The Morgan fingerprint density at radius 2 is 1.70 bits per heavy atom. The van der Waals surface area contributed by atoms with E-state index in [-0.39, 0.29) is 5.75 Å². The second kappa shape index (κ2) is 5.29. The standard InChI is InChI=1S/C20H15NO2/c1-23-15-6-4-5-13(9-15)14-10-17-16-7-2-3-8-19(16)21-12-18(17)20(22)11-14/h2-12,22H,1H3. The van der Waals surface area contributed by atoms with Gasteiger partial charge in [0.2, 0.25) is 0 Å². The number of aromatic hydroxyl groups is 1. The third-order valence-corrected chi connectivity index (χ3v) is 4.09. The van der Waals surface area contributed by atoms with Crippen molar-refractivity contribution in [1.29, 1.82) is 0 Å². The number of rotatable bonds is 2. The summed E-state index contributed by atoms with van der Waals surface area (Å²) in [6.07, 6.45) is 1.72. The average Bonchev–Trinajstić information content (AvgIpc) is 2.61. The Morgan fingerprint density at radius 3 is 2.57 bits per heavy atom. The van der Waals surface area contributed by atoms with Gasteiger partial charge in [-0.1, -0.05) is 30.3 Å². The highest BCUT2D eigenvalue weighted by Crippen LogP contribution is 2.35. The van der Waals surface area contributed by atoms with Crippen molar-refractivity contribution in [2.24, 2.45) is 0 Å². The first-order chi connectivity index (χ1) is 11.3. The summed E-state index contributed by atoms with van der Waals surface area (Å²) in [5, 5.41) is 13.2. The largest absolute Gasteiger partial charge is 0.507 e. The second-order valence-electron chi connectivity index (χ2n) is 5.46. The lowest BCUT2D eigenvalue weighted by Crippen LogP contribution is -1.86. The molecule has 0 aliphatic carbocycles. The number of fused-ring (bicyclic) bond motifs is 3. The van der Waals surface area contributed by atoms with Crippen LogP contribution in [-0.4, -0.2) is 17.2 Å². The third kappa shape index (κ3) is 2.27. The number of methoxy groups -OCH3 is 1. The molecule has 0 aliphatic heterocycles. The van der Waals surface area contributed by atoms with Crippen LogP contribution in [0.3, 0.4) is 0 Å².